The molecule has 2 aliphatic carbocycles. The van der Waals surface area contributed by atoms with Gasteiger partial charge in [-0.1, -0.05) is 173 Å². The Hall–Kier alpha value is -6.50. The van der Waals surface area contributed by atoms with Crippen molar-refractivity contribution in [2.75, 3.05) is 0 Å². The molecule has 0 N–H and O–H groups in total. The SMILES string of the molecule is CC1(C)c2cc(-c3cc4ccccc4c4ccccc34)ccc2-c2c1c1c(c3ccccc23)-c2ccc(-c3cc4ccccc4c4ccccc34)cc2C1(C)C. The van der Waals surface area contributed by atoms with Crippen LogP contribution in [0, 0.1) is 0 Å². The average molecular weight is 713 g/mol. The predicted octanol–water partition coefficient (Wildman–Crippen LogP) is 15.4. The monoisotopic (exact) mass is 712 g/mol. The Labute approximate surface area is 327 Å². The van der Waals surface area contributed by atoms with E-state index in [1.54, 1.807) is 0 Å². The first kappa shape index (κ1) is 31.8. The van der Waals surface area contributed by atoms with Gasteiger partial charge in [0.05, 0.1) is 0 Å². The van der Waals surface area contributed by atoms with E-state index in [2.05, 4.69) is 198 Å². The van der Waals surface area contributed by atoms with Crippen LogP contribution in [0.25, 0.3) is 98.4 Å². The number of benzene rings is 10. The van der Waals surface area contributed by atoms with Crippen LogP contribution >= 0.6 is 0 Å². The van der Waals surface area contributed by atoms with Gasteiger partial charge in [0.1, 0.15) is 0 Å². The van der Waals surface area contributed by atoms with E-state index in [-0.39, 0.29) is 10.8 Å². The standard InChI is InChI=1S/C56H40/c1-55(2)49-31-35(47-29-33-15-5-7-17-37(33)39-19-9-11-21-41(39)47)25-27-45(49)51-43-23-13-14-24-44(43)52-46-28-26-36(32-50(46)56(3,4)54(52)53(51)55)48-30-34-16-6-8-18-38(34)40-20-10-12-22-42(40)48/h5-32H,1-4H3. The molecule has 0 saturated carbocycles. The molecule has 0 aromatic heterocycles. The Balaban J connectivity index is 1.08. The second-order valence-corrected chi connectivity index (χ2v) is 17.2. The lowest BCUT2D eigenvalue weighted by molar-refractivity contribution is 0.602. The third-order valence-electron chi connectivity index (χ3n) is 13.5. The number of hydrogen-bond donors (Lipinski definition) is 0. The van der Waals surface area contributed by atoms with Gasteiger partial charge in [0.25, 0.3) is 0 Å². The molecule has 0 amide bonds. The summed E-state index contributed by atoms with van der Waals surface area (Å²) < 4.78 is 0. The molecule has 0 heterocycles. The van der Waals surface area contributed by atoms with E-state index in [0.717, 1.165) is 0 Å². The lowest BCUT2D eigenvalue weighted by Crippen LogP contribution is -2.24. The molecule has 0 unspecified atom stereocenters. The maximum atomic E-state index is 2.52. The van der Waals surface area contributed by atoms with E-state index in [4.69, 9.17) is 0 Å². The van der Waals surface area contributed by atoms with Gasteiger partial charge in [-0.25, -0.2) is 0 Å². The highest BCUT2D eigenvalue weighted by Gasteiger charge is 2.47. The van der Waals surface area contributed by atoms with Crippen molar-refractivity contribution in [2.45, 2.75) is 38.5 Å². The van der Waals surface area contributed by atoms with Crippen LogP contribution in [-0.4, -0.2) is 0 Å². The van der Waals surface area contributed by atoms with Crippen LogP contribution in [-0.2, 0) is 10.8 Å². The van der Waals surface area contributed by atoms with E-state index in [9.17, 15) is 0 Å². The summed E-state index contributed by atoms with van der Waals surface area (Å²) in [5.74, 6) is 0. The molecule has 0 fully saturated rings. The van der Waals surface area contributed by atoms with Crippen molar-refractivity contribution in [3.63, 3.8) is 0 Å². The Kier molecular flexibility index (Phi) is 6.28. The fourth-order valence-electron chi connectivity index (χ4n) is 11.0. The Morgan fingerprint density at radius 3 is 1.04 bits per heavy atom. The molecule has 56 heavy (non-hydrogen) atoms. The highest BCUT2D eigenvalue weighted by atomic mass is 14.5. The van der Waals surface area contributed by atoms with Crippen LogP contribution in [0.3, 0.4) is 0 Å². The Morgan fingerprint density at radius 1 is 0.286 bits per heavy atom. The summed E-state index contributed by atoms with van der Waals surface area (Å²) in [6, 6.07) is 64.1. The molecule has 12 rings (SSSR count). The first-order chi connectivity index (χ1) is 27.3. The highest BCUT2D eigenvalue weighted by molar-refractivity contribution is 6.17. The van der Waals surface area contributed by atoms with Gasteiger partial charge in [-0.3, -0.25) is 0 Å². The minimum atomic E-state index is -0.210. The molecule has 0 nitrogen and oxygen atoms in total. The molecule has 0 bridgehead atoms. The maximum absolute atomic E-state index is 2.52. The summed E-state index contributed by atoms with van der Waals surface area (Å²) in [5, 5.41) is 13.1. The van der Waals surface area contributed by atoms with Crippen LogP contribution in [0.4, 0.5) is 0 Å². The summed E-state index contributed by atoms with van der Waals surface area (Å²) in [4.78, 5) is 0. The number of hydrogen-bond acceptors (Lipinski definition) is 0. The minimum Gasteiger partial charge on any atom is -0.0616 e. The van der Waals surface area contributed by atoms with E-state index in [0.29, 0.717) is 0 Å². The van der Waals surface area contributed by atoms with Gasteiger partial charge in [-0.2, -0.15) is 0 Å². The van der Waals surface area contributed by atoms with Crippen LogP contribution in [0.5, 0.6) is 0 Å². The van der Waals surface area contributed by atoms with Gasteiger partial charge in [0.2, 0.25) is 0 Å². The lowest BCUT2D eigenvalue weighted by atomic mass is 9.71. The first-order valence-corrected chi connectivity index (χ1v) is 20.0. The zero-order valence-corrected chi connectivity index (χ0v) is 32.2. The predicted molar refractivity (Wildman–Crippen MR) is 240 cm³/mol. The molecule has 0 radical (unpaired) electrons. The van der Waals surface area contributed by atoms with Crippen LogP contribution < -0.4 is 0 Å². The second-order valence-electron chi connectivity index (χ2n) is 17.2. The van der Waals surface area contributed by atoms with Crippen molar-refractivity contribution in [2.24, 2.45) is 0 Å². The number of rotatable bonds is 2. The topological polar surface area (TPSA) is 0 Å². The van der Waals surface area contributed by atoms with Crippen molar-refractivity contribution in [1.82, 2.24) is 0 Å². The molecule has 0 saturated heterocycles. The molecule has 0 atom stereocenters. The molecule has 0 spiro atoms. The van der Waals surface area contributed by atoms with Crippen molar-refractivity contribution >= 4 is 53.9 Å². The van der Waals surface area contributed by atoms with Gasteiger partial charge in [0, 0.05) is 10.8 Å². The molecular formula is C56H40. The zero-order valence-electron chi connectivity index (χ0n) is 32.2. The lowest BCUT2D eigenvalue weighted by Gasteiger charge is -2.31. The Bertz CT molecular complexity index is 3130. The van der Waals surface area contributed by atoms with Gasteiger partial charge in [0.15, 0.2) is 0 Å². The summed E-state index contributed by atoms with van der Waals surface area (Å²) in [7, 11) is 0. The second kappa shape index (κ2) is 11.1. The summed E-state index contributed by atoms with van der Waals surface area (Å²) in [5.41, 5.74) is 16.1. The summed E-state index contributed by atoms with van der Waals surface area (Å²) in [6.45, 7) is 9.89. The molecule has 10 aromatic carbocycles. The van der Waals surface area contributed by atoms with Gasteiger partial charge < -0.3 is 0 Å². The van der Waals surface area contributed by atoms with Crippen LogP contribution in [0.15, 0.2) is 170 Å². The highest BCUT2D eigenvalue weighted by Crippen LogP contribution is 2.62. The first-order valence-electron chi connectivity index (χ1n) is 20.0. The molecular weight excluding hydrogens is 673 g/mol. The maximum Gasteiger partial charge on any atom is 0.0162 e. The van der Waals surface area contributed by atoms with Gasteiger partial charge in [-0.15, -0.1) is 0 Å². The van der Waals surface area contributed by atoms with Crippen molar-refractivity contribution in [3.05, 3.63) is 192 Å². The van der Waals surface area contributed by atoms with Crippen molar-refractivity contribution in [1.29, 1.82) is 0 Å². The minimum absolute atomic E-state index is 0.210. The fourth-order valence-corrected chi connectivity index (χ4v) is 11.0. The summed E-state index contributed by atoms with van der Waals surface area (Å²) >= 11 is 0. The van der Waals surface area contributed by atoms with E-state index >= 15 is 0 Å². The third-order valence-corrected chi connectivity index (χ3v) is 13.5. The van der Waals surface area contributed by atoms with E-state index in [1.807, 2.05) is 0 Å². The van der Waals surface area contributed by atoms with E-state index < -0.39 is 0 Å². The fraction of sp³-hybridized carbons (Fsp3) is 0.107. The quantitative estimate of drug-likeness (QED) is 0.157. The summed E-state index contributed by atoms with van der Waals surface area (Å²) in [6.07, 6.45) is 0. The van der Waals surface area contributed by atoms with Crippen LogP contribution in [0.1, 0.15) is 49.9 Å². The normalized spacial score (nSPS) is 14.7. The number of fused-ring (bicyclic) bond motifs is 16. The molecule has 2 aliphatic rings. The average Bonchev–Trinajstić information content (AvgIpc) is 3.62. The smallest absolute Gasteiger partial charge is 0.0162 e. The molecule has 10 aromatic rings. The molecule has 0 heteroatoms. The Morgan fingerprint density at radius 2 is 0.625 bits per heavy atom. The van der Waals surface area contributed by atoms with Gasteiger partial charge >= 0.3 is 0 Å². The molecule has 0 aliphatic heterocycles. The largest absolute Gasteiger partial charge is 0.0616 e. The zero-order chi connectivity index (χ0) is 37.5. The van der Waals surface area contributed by atoms with Gasteiger partial charge in [-0.05, 0) is 145 Å². The molecule has 264 valence electrons. The third kappa shape index (κ3) is 4.09. The van der Waals surface area contributed by atoms with E-state index in [1.165, 1.54) is 121 Å². The van der Waals surface area contributed by atoms with Crippen LogP contribution in [0.2, 0.25) is 0 Å². The van der Waals surface area contributed by atoms with Crippen molar-refractivity contribution in [3.8, 4) is 44.5 Å². The van der Waals surface area contributed by atoms with Crippen molar-refractivity contribution < 1.29 is 0 Å².